The Bertz CT molecular complexity index is 659. The Balaban J connectivity index is 2.75. The van der Waals surface area contributed by atoms with Crippen molar-refractivity contribution in [2.45, 2.75) is 6.85 Å². The number of rotatable bonds is 1. The van der Waals surface area contributed by atoms with E-state index in [1.54, 1.807) is 5.32 Å². The predicted molar refractivity (Wildman–Crippen MR) is 64.0 cm³/mol. The van der Waals surface area contributed by atoms with Crippen LogP contribution in [-0.2, 0) is 0 Å². The molecule has 0 aliphatic carbocycles. The second-order valence-electron chi connectivity index (χ2n) is 2.63. The van der Waals surface area contributed by atoms with Gasteiger partial charge in [0, 0.05) is 45.7 Å². The number of hydrogen-bond acceptors (Lipinski definition) is 2. The van der Waals surface area contributed by atoms with Gasteiger partial charge in [0.15, 0.2) is 0 Å². The van der Waals surface area contributed by atoms with Crippen LogP contribution >= 0.6 is 15.9 Å². The van der Waals surface area contributed by atoms with Crippen molar-refractivity contribution < 1.29 is 15.1 Å². The van der Waals surface area contributed by atoms with Gasteiger partial charge in [-0.15, -0.1) is 0 Å². The van der Waals surface area contributed by atoms with E-state index in [1.165, 1.54) is 12.1 Å². The molecule has 1 N–H and O–H groups in total. The highest BCUT2D eigenvalue weighted by Crippen LogP contribution is 2.22. The van der Waals surface area contributed by atoms with Crippen molar-refractivity contribution in [3.63, 3.8) is 0 Å². The summed E-state index contributed by atoms with van der Waals surface area (Å²) < 4.78 is 86.0. The average molecular weight is 266 g/mol. The van der Waals surface area contributed by atoms with Crippen molar-refractivity contribution >= 4 is 21.6 Å². The molecule has 14 heavy (non-hydrogen) atoms. The van der Waals surface area contributed by atoms with Crippen LogP contribution in [0.25, 0.3) is 0 Å². The zero-order chi connectivity index (χ0) is 19.6. The standard InChI is InChI=1S/C11H15BrN2/c1-9-6-10(12)8-11(7-9)14-4-2-13-3-5-14/h6-8,13H,2-5H2,1H3/i1D3,2D2,3D2,4D2,5D2. The van der Waals surface area contributed by atoms with Gasteiger partial charge in [-0.1, -0.05) is 15.9 Å². The first-order chi connectivity index (χ1) is 10.9. The molecule has 0 unspecified atom stereocenters. The Labute approximate surface area is 109 Å². The molecule has 1 aromatic rings. The van der Waals surface area contributed by atoms with Crippen LogP contribution < -0.4 is 10.2 Å². The number of anilines is 1. The van der Waals surface area contributed by atoms with Crippen molar-refractivity contribution in [3.05, 3.63) is 28.2 Å². The van der Waals surface area contributed by atoms with Gasteiger partial charge >= 0.3 is 0 Å². The van der Waals surface area contributed by atoms with E-state index in [-0.39, 0.29) is 15.7 Å². The molecule has 1 saturated heterocycles. The number of halogens is 1. The first-order valence-electron chi connectivity index (χ1n) is 9.34. The summed E-state index contributed by atoms with van der Waals surface area (Å²) in [7, 11) is 0. The highest BCUT2D eigenvalue weighted by molar-refractivity contribution is 9.10. The van der Waals surface area contributed by atoms with Crippen molar-refractivity contribution in [2.75, 3.05) is 30.9 Å². The summed E-state index contributed by atoms with van der Waals surface area (Å²) in [6.45, 7) is -14.5. The third-order valence-corrected chi connectivity index (χ3v) is 2.06. The molecule has 1 fully saturated rings. The van der Waals surface area contributed by atoms with Crippen LogP contribution in [0.2, 0.25) is 0 Å². The molecular formula is C11H15BrN2. The van der Waals surface area contributed by atoms with E-state index in [0.29, 0.717) is 4.90 Å². The summed E-state index contributed by atoms with van der Waals surface area (Å²) >= 11 is 3.08. The first-order valence-corrected chi connectivity index (χ1v) is 4.63. The number of aryl methyl sites for hydroxylation is 1. The summed E-state index contributed by atoms with van der Waals surface area (Å²) in [5.74, 6) is 0. The minimum absolute atomic E-state index is 0.211. The molecule has 1 aliphatic heterocycles. The van der Waals surface area contributed by atoms with Gasteiger partial charge in [0.2, 0.25) is 0 Å². The van der Waals surface area contributed by atoms with Crippen LogP contribution in [0.4, 0.5) is 5.69 Å². The molecule has 0 amide bonds. The fourth-order valence-corrected chi connectivity index (χ4v) is 1.54. The molecule has 3 heteroatoms. The zero-order valence-corrected chi connectivity index (χ0v) is 8.64. The van der Waals surface area contributed by atoms with Crippen LogP contribution in [0.3, 0.4) is 0 Å². The van der Waals surface area contributed by atoms with E-state index >= 15 is 0 Å². The third-order valence-electron chi connectivity index (χ3n) is 1.60. The van der Waals surface area contributed by atoms with Gasteiger partial charge in [-0.3, -0.25) is 0 Å². The average Bonchev–Trinajstić information content (AvgIpc) is 2.33. The van der Waals surface area contributed by atoms with E-state index in [0.717, 1.165) is 6.07 Å². The van der Waals surface area contributed by atoms with E-state index in [2.05, 4.69) is 15.9 Å². The quantitative estimate of drug-likeness (QED) is 0.838. The van der Waals surface area contributed by atoms with E-state index in [4.69, 9.17) is 15.1 Å². The summed E-state index contributed by atoms with van der Waals surface area (Å²) in [4.78, 5) is 0.302. The summed E-state index contributed by atoms with van der Waals surface area (Å²) in [5.41, 5.74) is -0.520. The highest BCUT2D eigenvalue weighted by atomic mass is 79.9. The van der Waals surface area contributed by atoms with E-state index in [9.17, 15) is 0 Å². The van der Waals surface area contributed by atoms with Crippen LogP contribution in [0, 0.1) is 6.85 Å². The minimum Gasteiger partial charge on any atom is -0.369 e. The topological polar surface area (TPSA) is 15.3 Å². The molecule has 0 aromatic heterocycles. The Morgan fingerprint density at radius 2 is 2.21 bits per heavy atom. The maximum atomic E-state index is 8.05. The fourth-order valence-electron chi connectivity index (χ4n) is 1.06. The second kappa shape index (κ2) is 4.32. The SMILES string of the molecule is [2H]C([2H])([2H])c1cc(Br)cc(N2C([2H])([2H])C([2H])([2H])NC([2H])([2H])C2([2H])[2H])c1. The van der Waals surface area contributed by atoms with Gasteiger partial charge in [-0.05, 0) is 30.6 Å². The largest absolute Gasteiger partial charge is 0.369 e. The van der Waals surface area contributed by atoms with Crippen molar-refractivity contribution in [1.82, 2.24) is 5.32 Å². The van der Waals surface area contributed by atoms with Gasteiger partial charge in [-0.2, -0.15) is 0 Å². The molecule has 1 aromatic carbocycles. The Kier molecular flexibility index (Phi) is 0.995. The molecule has 2 nitrogen and oxygen atoms in total. The summed E-state index contributed by atoms with van der Waals surface area (Å²) in [6, 6.07) is 3.47. The Morgan fingerprint density at radius 1 is 1.43 bits per heavy atom. The summed E-state index contributed by atoms with van der Waals surface area (Å²) in [5, 5.41) is 1.72. The first kappa shape index (κ1) is 3.22. The van der Waals surface area contributed by atoms with Gasteiger partial charge in [0.25, 0.3) is 0 Å². The van der Waals surface area contributed by atoms with Gasteiger partial charge < -0.3 is 10.2 Å². The predicted octanol–water partition coefficient (Wildman–Crippen LogP) is 2.17. The Morgan fingerprint density at radius 3 is 2.93 bits per heavy atom. The number of nitrogens with zero attached hydrogens (tertiary/aromatic N) is 1. The lowest BCUT2D eigenvalue weighted by Crippen LogP contribution is -2.43. The molecule has 0 saturated carbocycles. The molecule has 2 rings (SSSR count). The van der Waals surface area contributed by atoms with Crippen LogP contribution in [-0.4, -0.2) is 26.0 Å². The number of hydrogen-bond donors (Lipinski definition) is 1. The van der Waals surface area contributed by atoms with Crippen molar-refractivity contribution in [3.8, 4) is 0 Å². The normalized spacial score (nSPS) is 44.1. The molecule has 0 spiro atoms. The van der Waals surface area contributed by atoms with Crippen LogP contribution in [0.15, 0.2) is 22.7 Å². The van der Waals surface area contributed by atoms with Gasteiger partial charge in [0.1, 0.15) is 0 Å². The monoisotopic (exact) mass is 265 g/mol. The van der Waals surface area contributed by atoms with Crippen LogP contribution in [0.1, 0.15) is 20.6 Å². The van der Waals surface area contributed by atoms with Crippen molar-refractivity contribution in [2.24, 2.45) is 0 Å². The zero-order valence-electron chi connectivity index (χ0n) is 18.1. The lowest BCUT2D eigenvalue weighted by Gasteiger charge is -2.29. The lowest BCUT2D eigenvalue weighted by atomic mass is 10.2. The maximum absolute atomic E-state index is 8.05. The molecule has 0 atom stereocenters. The number of benzene rings is 1. The minimum atomic E-state index is -3.02. The molecule has 1 aliphatic rings. The van der Waals surface area contributed by atoms with Gasteiger partial charge in [0.05, 0.1) is 5.48 Å². The van der Waals surface area contributed by atoms with E-state index in [1.807, 2.05) is 0 Å². The van der Waals surface area contributed by atoms with E-state index < -0.39 is 32.8 Å². The van der Waals surface area contributed by atoms with Crippen molar-refractivity contribution in [1.29, 1.82) is 0 Å². The second-order valence-corrected chi connectivity index (χ2v) is 3.55. The van der Waals surface area contributed by atoms with Gasteiger partial charge in [-0.25, -0.2) is 0 Å². The maximum Gasteiger partial charge on any atom is 0.0506 e. The van der Waals surface area contributed by atoms with Crippen LogP contribution in [0.5, 0.6) is 0 Å². The molecule has 76 valence electrons. The molecule has 1 heterocycles. The third kappa shape index (κ3) is 2.28. The molecular weight excluding hydrogens is 240 g/mol. The smallest absolute Gasteiger partial charge is 0.0506 e. The Hall–Kier alpha value is -0.540. The summed E-state index contributed by atoms with van der Waals surface area (Å²) in [6.07, 6.45) is 0. The fraction of sp³-hybridized carbons (Fsp3) is 0.455. The lowest BCUT2D eigenvalue weighted by molar-refractivity contribution is 0.589. The molecule has 0 radical (unpaired) electrons. The number of piperazine rings is 1. The molecule has 0 bridgehead atoms. The number of nitrogens with one attached hydrogen (secondary N) is 1. The highest BCUT2D eigenvalue weighted by Gasteiger charge is 2.10.